The zero-order chi connectivity index (χ0) is 13.8. The van der Waals surface area contributed by atoms with Crippen molar-refractivity contribution in [3.63, 3.8) is 0 Å². The van der Waals surface area contributed by atoms with Crippen molar-refractivity contribution in [3.05, 3.63) is 18.0 Å². The lowest BCUT2D eigenvalue weighted by Crippen LogP contribution is -2.43. The molecule has 0 saturated heterocycles. The number of hydrogen-bond acceptors (Lipinski definition) is 2. The fraction of sp³-hybridized carbons (Fsp3) is 0.824. The monoisotopic (exact) mass is 275 g/mol. The molecule has 0 spiro atoms. The van der Waals surface area contributed by atoms with E-state index in [0.717, 1.165) is 6.54 Å². The Morgan fingerprint density at radius 2 is 1.85 bits per heavy atom. The molecule has 0 bridgehead atoms. The highest BCUT2D eigenvalue weighted by Gasteiger charge is 2.26. The maximum Gasteiger partial charge on any atom is 0.0762 e. The molecule has 3 nitrogen and oxygen atoms in total. The maximum absolute atomic E-state index is 4.80. The van der Waals surface area contributed by atoms with E-state index in [1.165, 1.54) is 69.9 Å². The van der Waals surface area contributed by atoms with Crippen LogP contribution in [0.4, 0.5) is 0 Å². The average Bonchev–Trinajstić information content (AvgIpc) is 2.96. The van der Waals surface area contributed by atoms with Crippen LogP contribution in [0.2, 0.25) is 0 Å². The quantitative estimate of drug-likeness (QED) is 0.892. The Hall–Kier alpha value is -0.830. The summed E-state index contributed by atoms with van der Waals surface area (Å²) in [6.07, 6.45) is 15.8. The summed E-state index contributed by atoms with van der Waals surface area (Å²) < 4.78 is 2.22. The van der Waals surface area contributed by atoms with Crippen molar-refractivity contribution in [2.75, 3.05) is 0 Å². The Balaban J connectivity index is 1.54. The van der Waals surface area contributed by atoms with Crippen molar-refractivity contribution in [3.8, 4) is 0 Å². The van der Waals surface area contributed by atoms with E-state index in [0.29, 0.717) is 11.6 Å². The van der Waals surface area contributed by atoms with E-state index in [-0.39, 0.29) is 0 Å². The topological polar surface area (TPSA) is 29.9 Å². The highest BCUT2D eigenvalue weighted by Crippen LogP contribution is 2.29. The number of aromatic nitrogens is 2. The van der Waals surface area contributed by atoms with Gasteiger partial charge in [-0.2, -0.15) is 5.10 Å². The van der Waals surface area contributed by atoms with Crippen molar-refractivity contribution in [1.82, 2.24) is 15.1 Å². The van der Waals surface area contributed by atoms with Gasteiger partial charge in [0.2, 0.25) is 0 Å². The van der Waals surface area contributed by atoms with Gasteiger partial charge in [-0.1, -0.05) is 38.5 Å². The Morgan fingerprint density at radius 1 is 1.15 bits per heavy atom. The standard InChI is InChI=1S/C17H29N3/c1-17(11-6-3-7-12-17)18-14-15-10-13-20(19-15)16-8-4-2-5-9-16/h10,13,16,18H,2-9,11-12,14H2,1H3. The van der Waals surface area contributed by atoms with E-state index in [1.807, 2.05) is 0 Å². The first kappa shape index (κ1) is 14.1. The zero-order valence-corrected chi connectivity index (χ0v) is 12.9. The Bertz CT molecular complexity index is 412. The predicted octanol–water partition coefficient (Wildman–Crippen LogP) is 4.20. The summed E-state index contributed by atoms with van der Waals surface area (Å²) in [5.74, 6) is 0. The third-order valence-electron chi connectivity index (χ3n) is 5.27. The fourth-order valence-corrected chi connectivity index (χ4v) is 3.83. The van der Waals surface area contributed by atoms with Gasteiger partial charge in [-0.15, -0.1) is 0 Å². The van der Waals surface area contributed by atoms with Gasteiger partial charge in [-0.05, 0) is 38.7 Å². The van der Waals surface area contributed by atoms with Crippen LogP contribution in [0.1, 0.15) is 82.9 Å². The van der Waals surface area contributed by atoms with Gasteiger partial charge in [0.15, 0.2) is 0 Å². The SMILES string of the molecule is CC1(NCc2ccn(C3CCCCC3)n2)CCCCC1. The molecule has 3 heteroatoms. The van der Waals surface area contributed by atoms with Gasteiger partial charge in [0.1, 0.15) is 0 Å². The van der Waals surface area contributed by atoms with Crippen LogP contribution in [0.5, 0.6) is 0 Å². The molecule has 0 aromatic carbocycles. The van der Waals surface area contributed by atoms with E-state index in [9.17, 15) is 0 Å². The summed E-state index contributed by atoms with van der Waals surface area (Å²) in [6.45, 7) is 3.31. The summed E-state index contributed by atoms with van der Waals surface area (Å²) in [5.41, 5.74) is 1.55. The third-order valence-corrected chi connectivity index (χ3v) is 5.27. The lowest BCUT2D eigenvalue weighted by atomic mass is 9.83. The molecule has 0 atom stereocenters. The molecule has 112 valence electrons. The molecule has 0 amide bonds. The van der Waals surface area contributed by atoms with Gasteiger partial charge < -0.3 is 5.32 Å². The van der Waals surface area contributed by atoms with Crippen LogP contribution in [0.3, 0.4) is 0 Å². The van der Waals surface area contributed by atoms with Crippen LogP contribution in [0.25, 0.3) is 0 Å². The van der Waals surface area contributed by atoms with E-state index in [2.05, 4.69) is 29.2 Å². The first-order chi connectivity index (χ1) is 9.75. The molecule has 0 aliphatic heterocycles. The van der Waals surface area contributed by atoms with Crippen LogP contribution < -0.4 is 5.32 Å². The van der Waals surface area contributed by atoms with Gasteiger partial charge in [0, 0.05) is 18.3 Å². The molecule has 1 heterocycles. The lowest BCUT2D eigenvalue weighted by molar-refractivity contribution is 0.250. The second-order valence-corrected chi connectivity index (χ2v) is 7.05. The fourth-order valence-electron chi connectivity index (χ4n) is 3.83. The summed E-state index contributed by atoms with van der Waals surface area (Å²) >= 11 is 0. The highest BCUT2D eigenvalue weighted by atomic mass is 15.3. The second-order valence-electron chi connectivity index (χ2n) is 7.05. The molecule has 1 aromatic heterocycles. The average molecular weight is 275 g/mol. The Kier molecular flexibility index (Phi) is 4.45. The highest BCUT2D eigenvalue weighted by molar-refractivity contribution is 5.01. The lowest BCUT2D eigenvalue weighted by Gasteiger charge is -2.34. The van der Waals surface area contributed by atoms with Crippen molar-refractivity contribution in [2.45, 2.75) is 89.3 Å². The number of nitrogens with one attached hydrogen (secondary N) is 1. The van der Waals surface area contributed by atoms with Crippen LogP contribution in [-0.2, 0) is 6.54 Å². The van der Waals surface area contributed by atoms with Gasteiger partial charge >= 0.3 is 0 Å². The van der Waals surface area contributed by atoms with Crippen molar-refractivity contribution in [1.29, 1.82) is 0 Å². The summed E-state index contributed by atoms with van der Waals surface area (Å²) in [5, 5.41) is 8.56. The number of nitrogens with zero attached hydrogens (tertiary/aromatic N) is 2. The molecule has 0 radical (unpaired) electrons. The Morgan fingerprint density at radius 3 is 2.60 bits per heavy atom. The van der Waals surface area contributed by atoms with Gasteiger partial charge in [0.05, 0.1) is 11.7 Å². The first-order valence-electron chi connectivity index (χ1n) is 8.54. The minimum Gasteiger partial charge on any atom is -0.306 e. The van der Waals surface area contributed by atoms with Gasteiger partial charge in [0.25, 0.3) is 0 Å². The smallest absolute Gasteiger partial charge is 0.0762 e. The van der Waals surface area contributed by atoms with Gasteiger partial charge in [-0.3, -0.25) is 4.68 Å². The molecule has 3 rings (SSSR count). The third kappa shape index (κ3) is 3.43. The van der Waals surface area contributed by atoms with E-state index < -0.39 is 0 Å². The van der Waals surface area contributed by atoms with Crippen LogP contribution in [-0.4, -0.2) is 15.3 Å². The second kappa shape index (κ2) is 6.30. The molecule has 1 aromatic rings. The van der Waals surface area contributed by atoms with E-state index >= 15 is 0 Å². The molecular formula is C17H29N3. The normalized spacial score (nSPS) is 23.9. The maximum atomic E-state index is 4.80. The molecule has 1 N–H and O–H groups in total. The summed E-state index contributed by atoms with van der Waals surface area (Å²) in [4.78, 5) is 0. The Labute approximate surface area is 123 Å². The predicted molar refractivity (Wildman–Crippen MR) is 82.7 cm³/mol. The largest absolute Gasteiger partial charge is 0.306 e. The summed E-state index contributed by atoms with van der Waals surface area (Å²) in [6, 6.07) is 2.86. The first-order valence-corrected chi connectivity index (χ1v) is 8.54. The minimum atomic E-state index is 0.340. The molecular weight excluding hydrogens is 246 g/mol. The van der Waals surface area contributed by atoms with E-state index in [1.54, 1.807) is 0 Å². The molecule has 2 aliphatic rings. The van der Waals surface area contributed by atoms with E-state index in [4.69, 9.17) is 5.10 Å². The molecule has 2 aliphatic carbocycles. The molecule has 2 saturated carbocycles. The number of rotatable bonds is 4. The number of hydrogen-bond donors (Lipinski definition) is 1. The molecule has 0 unspecified atom stereocenters. The van der Waals surface area contributed by atoms with Crippen molar-refractivity contribution in [2.24, 2.45) is 0 Å². The van der Waals surface area contributed by atoms with Crippen molar-refractivity contribution < 1.29 is 0 Å². The van der Waals surface area contributed by atoms with Gasteiger partial charge in [-0.25, -0.2) is 0 Å². The molecule has 20 heavy (non-hydrogen) atoms. The summed E-state index contributed by atoms with van der Waals surface area (Å²) in [7, 11) is 0. The minimum absolute atomic E-state index is 0.340. The van der Waals surface area contributed by atoms with Crippen LogP contribution in [0.15, 0.2) is 12.3 Å². The van der Waals surface area contributed by atoms with Crippen LogP contribution in [0, 0.1) is 0 Å². The molecule has 2 fully saturated rings. The van der Waals surface area contributed by atoms with Crippen LogP contribution >= 0.6 is 0 Å². The van der Waals surface area contributed by atoms with Crippen molar-refractivity contribution >= 4 is 0 Å². The zero-order valence-electron chi connectivity index (χ0n) is 12.9.